The molecule has 0 bridgehead atoms. The van der Waals surface area contributed by atoms with E-state index in [4.69, 9.17) is 0 Å². The molecule has 0 aromatic heterocycles. The van der Waals surface area contributed by atoms with Crippen LogP contribution in [0.5, 0.6) is 0 Å². The van der Waals surface area contributed by atoms with Crippen LogP contribution in [-0.4, -0.2) is 0 Å². The highest BCUT2D eigenvalue weighted by Crippen LogP contribution is 2.38. The molecular formula is C28H40. The van der Waals surface area contributed by atoms with Crippen molar-refractivity contribution in [3.63, 3.8) is 0 Å². The second-order valence-electron chi connectivity index (χ2n) is 9.25. The average molecular weight is 377 g/mol. The predicted molar refractivity (Wildman–Crippen MR) is 124 cm³/mol. The van der Waals surface area contributed by atoms with Crippen molar-refractivity contribution in [2.24, 2.45) is 11.8 Å². The molecule has 1 saturated carbocycles. The van der Waals surface area contributed by atoms with Gasteiger partial charge in [-0.2, -0.15) is 0 Å². The van der Waals surface area contributed by atoms with E-state index in [0.717, 1.165) is 17.8 Å². The Balaban J connectivity index is 1.54. The Morgan fingerprint density at radius 1 is 0.786 bits per heavy atom. The minimum absolute atomic E-state index is 0.770. The van der Waals surface area contributed by atoms with E-state index in [2.05, 4.69) is 69.3 Å². The summed E-state index contributed by atoms with van der Waals surface area (Å²) in [6, 6.07) is 18.7. The normalized spacial score (nSPS) is 20.8. The van der Waals surface area contributed by atoms with Crippen molar-refractivity contribution in [3.8, 4) is 11.1 Å². The van der Waals surface area contributed by atoms with Crippen molar-refractivity contribution in [2.75, 3.05) is 0 Å². The summed E-state index contributed by atoms with van der Waals surface area (Å²) in [5.74, 6) is 2.55. The van der Waals surface area contributed by atoms with Gasteiger partial charge in [-0.15, -0.1) is 0 Å². The summed E-state index contributed by atoms with van der Waals surface area (Å²) >= 11 is 0. The van der Waals surface area contributed by atoms with Gasteiger partial charge in [0.25, 0.3) is 0 Å². The zero-order valence-electron chi connectivity index (χ0n) is 18.4. The first-order valence-corrected chi connectivity index (χ1v) is 11.9. The Morgan fingerprint density at radius 3 is 1.96 bits per heavy atom. The molecule has 0 aliphatic heterocycles. The average Bonchev–Trinajstić information content (AvgIpc) is 2.75. The third-order valence-corrected chi connectivity index (χ3v) is 7.01. The maximum atomic E-state index is 2.39. The van der Waals surface area contributed by atoms with Crippen molar-refractivity contribution in [1.29, 1.82) is 0 Å². The van der Waals surface area contributed by atoms with Crippen molar-refractivity contribution in [2.45, 2.75) is 90.9 Å². The van der Waals surface area contributed by atoms with E-state index in [0.29, 0.717) is 0 Å². The molecule has 1 unspecified atom stereocenters. The Morgan fingerprint density at radius 2 is 1.39 bits per heavy atom. The summed E-state index contributed by atoms with van der Waals surface area (Å²) in [7, 11) is 0. The van der Waals surface area contributed by atoms with E-state index in [1.807, 2.05) is 0 Å². The van der Waals surface area contributed by atoms with E-state index < -0.39 is 0 Å². The van der Waals surface area contributed by atoms with Gasteiger partial charge in [0.15, 0.2) is 0 Å². The molecule has 0 spiro atoms. The standard InChI is InChI=1S/C28H40/c1-4-6-7-8-23-9-13-25(14-10-23)27-17-19-28(20-18-27)26-15-11-24(12-16-26)21-22(3)5-2/h11-12,15-20,22-23,25H,4-10,13-14,21H2,1-3H3. The summed E-state index contributed by atoms with van der Waals surface area (Å²) in [6.07, 6.45) is 13.8. The second kappa shape index (κ2) is 10.8. The molecule has 152 valence electrons. The summed E-state index contributed by atoms with van der Waals surface area (Å²) < 4.78 is 0. The monoisotopic (exact) mass is 376 g/mol. The van der Waals surface area contributed by atoms with E-state index in [-0.39, 0.29) is 0 Å². The highest BCUT2D eigenvalue weighted by molar-refractivity contribution is 5.64. The van der Waals surface area contributed by atoms with Gasteiger partial charge in [-0.05, 0) is 72.1 Å². The maximum Gasteiger partial charge on any atom is -0.0162 e. The number of rotatable bonds is 9. The fraction of sp³-hybridized carbons (Fsp3) is 0.571. The van der Waals surface area contributed by atoms with Crippen molar-refractivity contribution < 1.29 is 0 Å². The van der Waals surface area contributed by atoms with Crippen LogP contribution >= 0.6 is 0 Å². The van der Waals surface area contributed by atoms with Gasteiger partial charge in [0.2, 0.25) is 0 Å². The molecule has 2 aromatic carbocycles. The van der Waals surface area contributed by atoms with Crippen LogP contribution in [0.1, 0.15) is 95.6 Å². The minimum atomic E-state index is 0.770. The number of hydrogen-bond donors (Lipinski definition) is 0. The minimum Gasteiger partial charge on any atom is -0.0654 e. The molecule has 1 fully saturated rings. The zero-order chi connectivity index (χ0) is 19.8. The van der Waals surface area contributed by atoms with E-state index in [9.17, 15) is 0 Å². The highest BCUT2D eigenvalue weighted by Gasteiger charge is 2.22. The lowest BCUT2D eigenvalue weighted by molar-refractivity contribution is 0.303. The lowest BCUT2D eigenvalue weighted by atomic mass is 9.77. The van der Waals surface area contributed by atoms with Crippen LogP contribution in [0.4, 0.5) is 0 Å². The Labute approximate surface area is 173 Å². The van der Waals surface area contributed by atoms with E-state index in [1.165, 1.54) is 80.9 Å². The number of unbranched alkanes of at least 4 members (excludes halogenated alkanes) is 2. The molecule has 0 heterocycles. The molecule has 1 aliphatic carbocycles. The van der Waals surface area contributed by atoms with Crippen LogP contribution in [-0.2, 0) is 6.42 Å². The molecule has 0 heteroatoms. The lowest BCUT2D eigenvalue weighted by Crippen LogP contribution is -2.13. The molecule has 1 aliphatic rings. The van der Waals surface area contributed by atoms with Gasteiger partial charge in [0.05, 0.1) is 0 Å². The SMILES string of the molecule is CCCCCC1CCC(c2ccc(-c3ccc(CC(C)CC)cc3)cc2)CC1. The quantitative estimate of drug-likeness (QED) is 0.383. The van der Waals surface area contributed by atoms with Gasteiger partial charge in [-0.3, -0.25) is 0 Å². The number of benzene rings is 2. The van der Waals surface area contributed by atoms with Gasteiger partial charge < -0.3 is 0 Å². The molecule has 0 nitrogen and oxygen atoms in total. The molecule has 1 atom stereocenters. The second-order valence-corrected chi connectivity index (χ2v) is 9.25. The molecule has 0 saturated heterocycles. The molecule has 0 amide bonds. The predicted octanol–water partition coefficient (Wildman–Crippen LogP) is 8.80. The number of hydrogen-bond acceptors (Lipinski definition) is 0. The van der Waals surface area contributed by atoms with E-state index >= 15 is 0 Å². The molecule has 0 N–H and O–H groups in total. The Kier molecular flexibility index (Phi) is 8.19. The Hall–Kier alpha value is -1.56. The summed E-state index contributed by atoms with van der Waals surface area (Å²) in [5, 5.41) is 0. The lowest BCUT2D eigenvalue weighted by Gasteiger charge is -2.29. The summed E-state index contributed by atoms with van der Waals surface area (Å²) in [5.41, 5.74) is 5.72. The molecule has 28 heavy (non-hydrogen) atoms. The van der Waals surface area contributed by atoms with Crippen molar-refractivity contribution in [3.05, 3.63) is 59.7 Å². The first-order chi connectivity index (χ1) is 13.7. The summed E-state index contributed by atoms with van der Waals surface area (Å²) in [6.45, 7) is 6.92. The van der Waals surface area contributed by atoms with Gasteiger partial charge in [-0.25, -0.2) is 0 Å². The fourth-order valence-corrected chi connectivity index (χ4v) is 4.80. The van der Waals surface area contributed by atoms with Crippen molar-refractivity contribution in [1.82, 2.24) is 0 Å². The van der Waals surface area contributed by atoms with E-state index in [1.54, 1.807) is 5.56 Å². The fourth-order valence-electron chi connectivity index (χ4n) is 4.80. The first kappa shape index (κ1) is 21.2. The molecule has 0 radical (unpaired) electrons. The van der Waals surface area contributed by atoms with Crippen LogP contribution < -0.4 is 0 Å². The van der Waals surface area contributed by atoms with Gasteiger partial charge in [-0.1, -0.05) is 101 Å². The van der Waals surface area contributed by atoms with Crippen LogP contribution in [0.3, 0.4) is 0 Å². The topological polar surface area (TPSA) is 0 Å². The third-order valence-electron chi connectivity index (χ3n) is 7.01. The molecule has 2 aromatic rings. The van der Waals surface area contributed by atoms with Gasteiger partial charge >= 0.3 is 0 Å². The smallest absolute Gasteiger partial charge is 0.0162 e. The van der Waals surface area contributed by atoms with Gasteiger partial charge in [0.1, 0.15) is 0 Å². The highest BCUT2D eigenvalue weighted by atomic mass is 14.3. The van der Waals surface area contributed by atoms with Crippen LogP contribution in [0.15, 0.2) is 48.5 Å². The van der Waals surface area contributed by atoms with Crippen LogP contribution in [0, 0.1) is 11.8 Å². The van der Waals surface area contributed by atoms with Crippen LogP contribution in [0.2, 0.25) is 0 Å². The molecular weight excluding hydrogens is 336 g/mol. The third kappa shape index (κ3) is 5.97. The van der Waals surface area contributed by atoms with Crippen LogP contribution in [0.25, 0.3) is 11.1 Å². The summed E-state index contributed by atoms with van der Waals surface area (Å²) in [4.78, 5) is 0. The Bertz CT molecular complexity index is 671. The maximum absolute atomic E-state index is 2.39. The van der Waals surface area contributed by atoms with Crippen molar-refractivity contribution >= 4 is 0 Å². The molecule has 3 rings (SSSR count). The van der Waals surface area contributed by atoms with Gasteiger partial charge in [0, 0.05) is 0 Å². The zero-order valence-corrected chi connectivity index (χ0v) is 18.4. The first-order valence-electron chi connectivity index (χ1n) is 11.9. The largest absolute Gasteiger partial charge is 0.0654 e.